The van der Waals surface area contributed by atoms with Crippen molar-refractivity contribution in [2.24, 2.45) is 0 Å². The molecule has 1 amide bonds. The molecule has 1 saturated heterocycles. The van der Waals surface area contributed by atoms with E-state index < -0.39 is 0 Å². The summed E-state index contributed by atoms with van der Waals surface area (Å²) in [6.45, 7) is 3.39. The maximum Gasteiger partial charge on any atom is 0.276 e. The van der Waals surface area contributed by atoms with Crippen LogP contribution >= 0.6 is 0 Å². The molecule has 2 aliphatic rings. The van der Waals surface area contributed by atoms with Crippen LogP contribution in [0, 0.1) is 6.92 Å². The van der Waals surface area contributed by atoms with E-state index in [2.05, 4.69) is 20.8 Å². The number of fused-ring (bicyclic) bond motifs is 1. The number of carbonyl (C=O) groups is 1. The van der Waals surface area contributed by atoms with E-state index in [1.807, 2.05) is 36.1 Å². The van der Waals surface area contributed by atoms with Crippen LogP contribution in [0.2, 0.25) is 0 Å². The summed E-state index contributed by atoms with van der Waals surface area (Å²) in [5.74, 6) is 2.28. The highest BCUT2D eigenvalue weighted by molar-refractivity contribution is 5.93. The monoisotopic (exact) mass is 322 g/mol. The van der Waals surface area contributed by atoms with E-state index in [0.29, 0.717) is 24.7 Å². The minimum absolute atomic E-state index is 0.0380. The van der Waals surface area contributed by atoms with E-state index in [-0.39, 0.29) is 11.9 Å². The van der Waals surface area contributed by atoms with Gasteiger partial charge < -0.3 is 14.0 Å². The zero-order valence-electron chi connectivity index (χ0n) is 13.5. The second-order valence-electron chi connectivity index (χ2n) is 6.77. The molecule has 122 valence electrons. The van der Waals surface area contributed by atoms with Gasteiger partial charge in [0.25, 0.3) is 5.91 Å². The van der Waals surface area contributed by atoms with E-state index in [1.54, 1.807) is 0 Å². The van der Waals surface area contributed by atoms with Crippen molar-refractivity contribution < 1.29 is 9.32 Å². The average Bonchev–Trinajstić information content (AvgIpc) is 3.18. The van der Waals surface area contributed by atoms with Gasteiger partial charge in [0.1, 0.15) is 11.6 Å². The van der Waals surface area contributed by atoms with Crippen LogP contribution in [0.5, 0.6) is 0 Å². The largest absolute Gasteiger partial charge is 0.360 e. The number of likely N-dealkylation sites (tertiary alicyclic amines) is 1. The molecule has 24 heavy (non-hydrogen) atoms. The molecule has 1 aromatic carbocycles. The summed E-state index contributed by atoms with van der Waals surface area (Å²) in [6, 6.07) is 10.2. The molecule has 0 atom stereocenters. The number of benzene rings is 1. The highest BCUT2D eigenvalue weighted by Gasteiger charge is 2.36. The van der Waals surface area contributed by atoms with Gasteiger partial charge >= 0.3 is 0 Å². The lowest BCUT2D eigenvalue weighted by Crippen LogP contribution is -2.51. The third-order valence-electron chi connectivity index (χ3n) is 5.01. The molecular weight excluding hydrogens is 304 g/mol. The predicted molar refractivity (Wildman–Crippen MR) is 87.9 cm³/mol. The van der Waals surface area contributed by atoms with E-state index >= 15 is 0 Å². The van der Waals surface area contributed by atoms with Crippen molar-refractivity contribution in [3.05, 3.63) is 47.6 Å². The summed E-state index contributed by atoms with van der Waals surface area (Å²) in [5.41, 5.74) is 2.57. The first-order valence-corrected chi connectivity index (χ1v) is 8.40. The SMILES string of the molecule is Cc1nc2ccccc2n1C1CN(C(=O)c2cc(C3CC3)on2)C1. The second-order valence-corrected chi connectivity index (χ2v) is 6.77. The fraction of sp³-hybridized carbons (Fsp3) is 0.389. The molecule has 0 N–H and O–H groups in total. The van der Waals surface area contributed by atoms with Crippen LogP contribution in [-0.4, -0.2) is 38.6 Å². The van der Waals surface area contributed by atoms with E-state index in [9.17, 15) is 4.79 Å². The van der Waals surface area contributed by atoms with E-state index in [4.69, 9.17) is 4.52 Å². The Kier molecular flexibility index (Phi) is 2.83. The second kappa shape index (κ2) is 4.93. The van der Waals surface area contributed by atoms with Gasteiger partial charge in [-0.25, -0.2) is 4.98 Å². The molecule has 3 aromatic rings. The summed E-state index contributed by atoms with van der Waals surface area (Å²) in [4.78, 5) is 19.0. The van der Waals surface area contributed by atoms with Crippen LogP contribution in [0.4, 0.5) is 0 Å². The van der Waals surface area contributed by atoms with Crippen LogP contribution in [-0.2, 0) is 0 Å². The van der Waals surface area contributed by atoms with Crippen molar-refractivity contribution in [1.82, 2.24) is 19.6 Å². The van der Waals surface area contributed by atoms with Gasteiger partial charge in [0.05, 0.1) is 17.1 Å². The molecule has 1 saturated carbocycles. The molecule has 6 nitrogen and oxygen atoms in total. The van der Waals surface area contributed by atoms with Crippen molar-refractivity contribution in [3.8, 4) is 0 Å². The van der Waals surface area contributed by atoms with Gasteiger partial charge in [0.2, 0.25) is 0 Å². The summed E-state index contributed by atoms with van der Waals surface area (Å²) in [7, 11) is 0. The van der Waals surface area contributed by atoms with Crippen molar-refractivity contribution in [2.75, 3.05) is 13.1 Å². The van der Waals surface area contributed by atoms with Crippen LogP contribution in [0.3, 0.4) is 0 Å². The number of amides is 1. The number of hydrogen-bond acceptors (Lipinski definition) is 4. The zero-order valence-corrected chi connectivity index (χ0v) is 13.5. The van der Waals surface area contributed by atoms with Gasteiger partial charge in [-0.3, -0.25) is 4.79 Å². The minimum atomic E-state index is -0.0380. The summed E-state index contributed by atoms with van der Waals surface area (Å²) in [6.07, 6.45) is 2.28. The lowest BCUT2D eigenvalue weighted by atomic mass is 10.1. The van der Waals surface area contributed by atoms with Gasteiger partial charge in [0.15, 0.2) is 5.69 Å². The summed E-state index contributed by atoms with van der Waals surface area (Å²) in [5, 5.41) is 3.95. The Morgan fingerprint density at radius 3 is 2.83 bits per heavy atom. The Balaban J connectivity index is 1.34. The number of rotatable bonds is 3. The Morgan fingerprint density at radius 1 is 1.25 bits per heavy atom. The molecule has 0 radical (unpaired) electrons. The topological polar surface area (TPSA) is 64.2 Å². The molecular formula is C18H18N4O2. The lowest BCUT2D eigenvalue weighted by molar-refractivity contribution is 0.0513. The Labute approximate surface area is 139 Å². The third kappa shape index (κ3) is 2.06. The van der Waals surface area contributed by atoms with Crippen LogP contribution in [0.15, 0.2) is 34.9 Å². The number of carbonyl (C=O) groups excluding carboxylic acids is 1. The van der Waals surface area contributed by atoms with Crippen molar-refractivity contribution in [3.63, 3.8) is 0 Å². The van der Waals surface area contributed by atoms with Gasteiger partial charge in [-0.15, -0.1) is 0 Å². The van der Waals surface area contributed by atoms with Gasteiger partial charge in [-0.2, -0.15) is 0 Å². The molecule has 2 fully saturated rings. The van der Waals surface area contributed by atoms with Crippen LogP contribution in [0.1, 0.15) is 46.9 Å². The number of aromatic nitrogens is 3. The predicted octanol–water partition coefficient (Wildman–Crippen LogP) is 2.91. The average molecular weight is 322 g/mol. The molecule has 0 bridgehead atoms. The quantitative estimate of drug-likeness (QED) is 0.744. The molecule has 1 aliphatic heterocycles. The maximum absolute atomic E-state index is 12.5. The summed E-state index contributed by atoms with van der Waals surface area (Å²) >= 11 is 0. The van der Waals surface area contributed by atoms with Crippen molar-refractivity contribution in [2.45, 2.75) is 31.7 Å². The van der Waals surface area contributed by atoms with Crippen molar-refractivity contribution in [1.29, 1.82) is 0 Å². The molecule has 0 spiro atoms. The number of aryl methyl sites for hydroxylation is 1. The Morgan fingerprint density at radius 2 is 2.04 bits per heavy atom. The standard InChI is InChI=1S/C18H18N4O2/c1-11-19-14-4-2-3-5-16(14)22(11)13-9-21(10-13)18(23)15-8-17(24-20-15)12-6-7-12/h2-5,8,12-13H,6-7,9-10H2,1H3. The van der Waals surface area contributed by atoms with Crippen LogP contribution in [0.25, 0.3) is 11.0 Å². The number of para-hydroxylation sites is 2. The molecule has 1 aliphatic carbocycles. The molecule has 5 rings (SSSR count). The minimum Gasteiger partial charge on any atom is -0.360 e. The fourth-order valence-electron chi connectivity index (χ4n) is 3.52. The van der Waals surface area contributed by atoms with E-state index in [1.165, 1.54) is 0 Å². The molecule has 2 aromatic heterocycles. The van der Waals surface area contributed by atoms with Gasteiger partial charge in [-0.05, 0) is 31.9 Å². The molecule has 6 heteroatoms. The number of nitrogens with zero attached hydrogens (tertiary/aromatic N) is 4. The maximum atomic E-state index is 12.5. The normalized spacial score (nSPS) is 18.1. The van der Waals surface area contributed by atoms with Gasteiger partial charge in [0, 0.05) is 25.1 Å². The van der Waals surface area contributed by atoms with Crippen molar-refractivity contribution >= 4 is 16.9 Å². The highest BCUT2D eigenvalue weighted by Crippen LogP contribution is 2.40. The first-order valence-electron chi connectivity index (χ1n) is 8.40. The number of imidazole rings is 1. The fourth-order valence-corrected chi connectivity index (χ4v) is 3.52. The lowest BCUT2D eigenvalue weighted by Gasteiger charge is -2.40. The zero-order chi connectivity index (χ0) is 16.3. The summed E-state index contributed by atoms with van der Waals surface area (Å²) < 4.78 is 7.53. The molecule has 0 unspecified atom stereocenters. The molecule has 3 heterocycles. The first kappa shape index (κ1) is 13.8. The van der Waals surface area contributed by atoms with E-state index in [0.717, 1.165) is 35.5 Å². The number of hydrogen-bond donors (Lipinski definition) is 0. The first-order chi connectivity index (χ1) is 11.7. The third-order valence-corrected chi connectivity index (χ3v) is 5.01. The highest BCUT2D eigenvalue weighted by atomic mass is 16.5. The van der Waals surface area contributed by atoms with Gasteiger partial charge in [-0.1, -0.05) is 17.3 Å². The van der Waals surface area contributed by atoms with Crippen LogP contribution < -0.4 is 0 Å². The smallest absolute Gasteiger partial charge is 0.276 e. The Hall–Kier alpha value is -2.63. The Bertz CT molecular complexity index is 932.